The van der Waals surface area contributed by atoms with E-state index in [1.165, 1.54) is 13.8 Å². The summed E-state index contributed by atoms with van der Waals surface area (Å²) in [7, 11) is 0. The Hall–Kier alpha value is -1.20. The lowest BCUT2D eigenvalue weighted by Crippen LogP contribution is -2.33. The quantitative estimate of drug-likeness (QED) is 0.277. The van der Waals surface area contributed by atoms with Crippen molar-refractivity contribution < 1.29 is 23.5 Å². The Bertz CT molecular complexity index is 876. The van der Waals surface area contributed by atoms with Gasteiger partial charge in [0.05, 0.1) is 32.6 Å². The fourth-order valence-corrected chi connectivity index (χ4v) is 3.05. The summed E-state index contributed by atoms with van der Waals surface area (Å²) >= 11 is 13.8. The molecule has 10 heteroatoms. The van der Waals surface area contributed by atoms with E-state index in [-0.39, 0.29) is 22.9 Å². The number of hydrogen-bond donors (Lipinski definition) is 3. The van der Waals surface area contributed by atoms with E-state index in [1.54, 1.807) is 18.2 Å². The number of carbonyl (C=O) groups is 1. The van der Waals surface area contributed by atoms with Gasteiger partial charge in [-0.25, -0.2) is 14.3 Å². The third-order valence-corrected chi connectivity index (χ3v) is 4.45. The van der Waals surface area contributed by atoms with E-state index in [4.69, 9.17) is 28.0 Å². The van der Waals surface area contributed by atoms with Gasteiger partial charge in [-0.3, -0.25) is 9.63 Å². The molecule has 0 aromatic heterocycles. The molecule has 2 rings (SSSR count). The molecule has 146 valence electrons. The molecule has 0 atom stereocenters. The van der Waals surface area contributed by atoms with E-state index in [1.807, 2.05) is 22.6 Å². The Balaban J connectivity index is 2.37. The Kier molecular flexibility index (Phi) is 7.26. The second kappa shape index (κ2) is 8.87. The molecule has 2 aromatic carbocycles. The Morgan fingerprint density at radius 3 is 2.48 bits per heavy atom. The Morgan fingerprint density at radius 2 is 1.89 bits per heavy atom. The number of rotatable bonds is 6. The average molecular weight is 531 g/mol. The van der Waals surface area contributed by atoms with Gasteiger partial charge in [-0.2, -0.15) is 0 Å². The zero-order valence-electron chi connectivity index (χ0n) is 14.2. The number of halogens is 5. The Morgan fingerprint density at radius 1 is 1.22 bits per heavy atom. The lowest BCUT2D eigenvalue weighted by Gasteiger charge is -2.18. The molecule has 0 aliphatic carbocycles. The highest BCUT2D eigenvalue weighted by Crippen LogP contribution is 2.34. The molecular formula is C17H15Cl2F2IN2O3. The number of anilines is 2. The van der Waals surface area contributed by atoms with Gasteiger partial charge < -0.3 is 10.4 Å². The predicted octanol–water partition coefficient (Wildman–Crippen LogP) is 5.05. The number of hydroxylamine groups is 1. The number of benzene rings is 2. The zero-order valence-corrected chi connectivity index (χ0v) is 17.8. The Labute approximate surface area is 178 Å². The summed E-state index contributed by atoms with van der Waals surface area (Å²) in [6.45, 7) is 2.72. The SMILES string of the molecule is CC(C)(O)CONC(=O)c1cc(Cl)c(F)c(F)c1Nc1ccc(I)cc1Cl. The van der Waals surface area contributed by atoms with Crippen molar-refractivity contribution in [3.05, 3.63) is 55.1 Å². The van der Waals surface area contributed by atoms with Crippen LogP contribution in [0.4, 0.5) is 20.2 Å². The van der Waals surface area contributed by atoms with E-state index in [0.29, 0.717) is 0 Å². The van der Waals surface area contributed by atoms with Crippen LogP contribution in [0.25, 0.3) is 0 Å². The minimum absolute atomic E-state index is 0.220. The topological polar surface area (TPSA) is 70.6 Å². The highest BCUT2D eigenvalue weighted by Gasteiger charge is 2.23. The molecule has 5 nitrogen and oxygen atoms in total. The van der Waals surface area contributed by atoms with Gasteiger partial charge in [-0.1, -0.05) is 23.2 Å². The zero-order chi connectivity index (χ0) is 20.4. The molecule has 0 radical (unpaired) electrons. The van der Waals surface area contributed by atoms with E-state index < -0.39 is 33.9 Å². The summed E-state index contributed by atoms with van der Waals surface area (Å²) in [6.07, 6.45) is 0. The summed E-state index contributed by atoms with van der Waals surface area (Å²) in [5, 5.41) is 11.9. The van der Waals surface area contributed by atoms with Gasteiger partial charge in [0.1, 0.15) is 6.61 Å². The highest BCUT2D eigenvalue weighted by atomic mass is 127. The summed E-state index contributed by atoms with van der Waals surface area (Å²) < 4.78 is 29.2. The molecule has 3 N–H and O–H groups in total. The van der Waals surface area contributed by atoms with E-state index in [9.17, 15) is 18.7 Å². The van der Waals surface area contributed by atoms with Crippen LogP contribution in [0.3, 0.4) is 0 Å². The van der Waals surface area contributed by atoms with Crippen molar-refractivity contribution in [2.24, 2.45) is 0 Å². The van der Waals surface area contributed by atoms with Crippen molar-refractivity contribution >= 4 is 63.1 Å². The van der Waals surface area contributed by atoms with E-state index >= 15 is 0 Å². The van der Waals surface area contributed by atoms with Crippen molar-refractivity contribution in [3.63, 3.8) is 0 Å². The first-order chi connectivity index (χ1) is 12.5. The van der Waals surface area contributed by atoms with Crippen molar-refractivity contribution in [2.75, 3.05) is 11.9 Å². The van der Waals surface area contributed by atoms with Crippen LogP contribution < -0.4 is 10.8 Å². The number of carbonyl (C=O) groups excluding carboxylic acids is 1. The molecule has 0 aliphatic rings. The van der Waals surface area contributed by atoms with Crippen LogP contribution in [-0.2, 0) is 4.84 Å². The minimum Gasteiger partial charge on any atom is -0.388 e. The number of amides is 1. The molecule has 0 fully saturated rings. The standard InChI is InChI=1S/C17H15Cl2F2IN2O3/c1-17(2,26)7-27-24-16(25)9-6-11(19)13(20)14(21)15(9)23-12-4-3-8(22)5-10(12)18/h3-6,23,26H,7H2,1-2H3,(H,24,25). The maximum absolute atomic E-state index is 14.5. The fraction of sp³-hybridized carbons (Fsp3) is 0.235. The van der Waals surface area contributed by atoms with Crippen LogP contribution >= 0.6 is 45.8 Å². The van der Waals surface area contributed by atoms with Crippen LogP contribution in [0.5, 0.6) is 0 Å². The summed E-state index contributed by atoms with van der Waals surface area (Å²) in [5.41, 5.74) is 0.371. The minimum atomic E-state index is -1.34. The predicted molar refractivity (Wildman–Crippen MR) is 109 cm³/mol. The van der Waals surface area contributed by atoms with Gasteiger partial charge in [0.25, 0.3) is 5.91 Å². The first kappa shape index (κ1) is 22.1. The molecule has 27 heavy (non-hydrogen) atoms. The number of nitrogens with one attached hydrogen (secondary N) is 2. The highest BCUT2D eigenvalue weighted by molar-refractivity contribution is 14.1. The summed E-state index contributed by atoms with van der Waals surface area (Å²) in [6, 6.07) is 5.83. The maximum Gasteiger partial charge on any atom is 0.277 e. The summed E-state index contributed by atoms with van der Waals surface area (Å²) in [4.78, 5) is 17.3. The fourth-order valence-electron chi connectivity index (χ4n) is 1.96. The maximum atomic E-state index is 14.5. The molecule has 0 unspecified atom stereocenters. The molecule has 0 saturated heterocycles. The summed E-state index contributed by atoms with van der Waals surface area (Å²) in [5.74, 6) is -3.54. The third-order valence-electron chi connectivity index (χ3n) is 3.19. The van der Waals surface area contributed by atoms with Gasteiger partial charge in [-0.15, -0.1) is 0 Å². The number of aliphatic hydroxyl groups is 1. The van der Waals surface area contributed by atoms with Crippen LogP contribution in [0.15, 0.2) is 24.3 Å². The molecule has 0 heterocycles. The van der Waals surface area contributed by atoms with E-state index in [0.717, 1.165) is 9.64 Å². The average Bonchev–Trinajstić information content (AvgIpc) is 2.55. The monoisotopic (exact) mass is 530 g/mol. The van der Waals surface area contributed by atoms with Crippen LogP contribution in [0.1, 0.15) is 24.2 Å². The van der Waals surface area contributed by atoms with Crippen LogP contribution in [0, 0.1) is 15.2 Å². The molecule has 1 amide bonds. The normalized spacial score (nSPS) is 11.4. The lowest BCUT2D eigenvalue weighted by atomic mass is 10.1. The third kappa shape index (κ3) is 5.89. The molecular weight excluding hydrogens is 516 g/mol. The first-order valence-electron chi connectivity index (χ1n) is 7.53. The van der Waals surface area contributed by atoms with Crippen LogP contribution in [0.2, 0.25) is 10.0 Å². The van der Waals surface area contributed by atoms with Gasteiger partial charge in [0.2, 0.25) is 0 Å². The molecule has 2 aromatic rings. The second-order valence-corrected chi connectivity index (χ2v) is 8.25. The second-order valence-electron chi connectivity index (χ2n) is 6.19. The lowest BCUT2D eigenvalue weighted by molar-refractivity contribution is -0.0522. The van der Waals surface area contributed by atoms with E-state index in [2.05, 4.69) is 10.8 Å². The number of hydrogen-bond acceptors (Lipinski definition) is 4. The molecule has 0 saturated carbocycles. The van der Waals surface area contributed by atoms with Gasteiger partial charge in [0, 0.05) is 3.57 Å². The van der Waals surface area contributed by atoms with Gasteiger partial charge in [0.15, 0.2) is 11.6 Å². The van der Waals surface area contributed by atoms with Crippen molar-refractivity contribution in [2.45, 2.75) is 19.4 Å². The van der Waals surface area contributed by atoms with Crippen molar-refractivity contribution in [1.82, 2.24) is 5.48 Å². The van der Waals surface area contributed by atoms with Crippen LogP contribution in [-0.4, -0.2) is 23.2 Å². The van der Waals surface area contributed by atoms with Gasteiger partial charge in [-0.05, 0) is 60.7 Å². The molecule has 0 aliphatic heterocycles. The van der Waals surface area contributed by atoms with Crippen molar-refractivity contribution in [3.8, 4) is 0 Å². The molecule has 0 bridgehead atoms. The first-order valence-corrected chi connectivity index (χ1v) is 9.37. The largest absolute Gasteiger partial charge is 0.388 e. The van der Waals surface area contributed by atoms with Crippen molar-refractivity contribution in [1.29, 1.82) is 0 Å². The smallest absolute Gasteiger partial charge is 0.277 e. The molecule has 0 spiro atoms. The van der Waals surface area contributed by atoms with Gasteiger partial charge >= 0.3 is 0 Å².